The molecule has 1 saturated carbocycles. The van der Waals surface area contributed by atoms with Gasteiger partial charge in [0, 0.05) is 13.6 Å². The molecule has 0 atom stereocenters. The maximum absolute atomic E-state index is 5.05. The first-order valence-corrected chi connectivity index (χ1v) is 6.91. The van der Waals surface area contributed by atoms with Crippen LogP contribution in [0.15, 0.2) is 9.52 Å². The van der Waals surface area contributed by atoms with Crippen LogP contribution in [-0.4, -0.2) is 29.7 Å². The van der Waals surface area contributed by atoms with Gasteiger partial charge in [0.25, 0.3) is 0 Å². The first-order valence-electron chi connectivity index (χ1n) is 6.91. The van der Waals surface area contributed by atoms with Crippen molar-refractivity contribution in [2.75, 3.05) is 13.6 Å². The molecule has 1 aliphatic carbocycles. The van der Waals surface area contributed by atoms with Gasteiger partial charge in [0.15, 0.2) is 11.8 Å². The van der Waals surface area contributed by atoms with E-state index in [0.29, 0.717) is 23.7 Å². The minimum atomic E-state index is 0. The monoisotopic (exact) mass is 393 g/mol. The molecular formula is C13H24IN5O. The Morgan fingerprint density at radius 3 is 2.60 bits per heavy atom. The highest BCUT2D eigenvalue weighted by atomic mass is 127. The number of rotatable bonds is 5. The molecule has 0 saturated heterocycles. The molecule has 0 bridgehead atoms. The Morgan fingerprint density at radius 2 is 2.15 bits per heavy atom. The Hall–Kier alpha value is -0.860. The van der Waals surface area contributed by atoms with Crippen molar-refractivity contribution >= 4 is 29.9 Å². The zero-order valence-electron chi connectivity index (χ0n) is 12.4. The van der Waals surface area contributed by atoms with Crippen LogP contribution in [0.4, 0.5) is 0 Å². The lowest BCUT2D eigenvalue weighted by Gasteiger charge is -2.41. The van der Waals surface area contributed by atoms with Crippen LogP contribution in [-0.2, 0) is 6.54 Å². The highest BCUT2D eigenvalue weighted by Gasteiger charge is 2.34. The first kappa shape index (κ1) is 17.2. The molecule has 2 N–H and O–H groups in total. The summed E-state index contributed by atoms with van der Waals surface area (Å²) >= 11 is 0. The fourth-order valence-corrected chi connectivity index (χ4v) is 2.40. The molecule has 1 heterocycles. The van der Waals surface area contributed by atoms with Crippen LogP contribution in [0, 0.1) is 12.3 Å². The van der Waals surface area contributed by atoms with Gasteiger partial charge < -0.3 is 15.2 Å². The second-order valence-corrected chi connectivity index (χ2v) is 5.22. The summed E-state index contributed by atoms with van der Waals surface area (Å²) in [6.45, 7) is 5.55. The molecule has 1 aromatic rings. The van der Waals surface area contributed by atoms with Gasteiger partial charge in [-0.1, -0.05) is 18.5 Å². The largest absolute Gasteiger partial charge is 0.356 e. The molecule has 0 amide bonds. The summed E-state index contributed by atoms with van der Waals surface area (Å²) in [5, 5.41) is 10.3. The van der Waals surface area contributed by atoms with Crippen molar-refractivity contribution < 1.29 is 4.52 Å². The van der Waals surface area contributed by atoms with Crippen LogP contribution in [0.3, 0.4) is 0 Å². The van der Waals surface area contributed by atoms with Gasteiger partial charge in [0.05, 0.1) is 6.54 Å². The maximum atomic E-state index is 5.05. The van der Waals surface area contributed by atoms with Crippen molar-refractivity contribution in [2.24, 2.45) is 10.4 Å². The molecule has 1 aliphatic rings. The molecule has 0 unspecified atom stereocenters. The first-order chi connectivity index (χ1) is 9.17. The molecule has 2 rings (SSSR count). The van der Waals surface area contributed by atoms with Crippen LogP contribution in [0.5, 0.6) is 0 Å². The Morgan fingerprint density at radius 1 is 1.40 bits per heavy atom. The number of aromatic nitrogens is 2. The summed E-state index contributed by atoms with van der Waals surface area (Å²) in [6.07, 6.45) is 5.20. The average molecular weight is 393 g/mol. The minimum Gasteiger partial charge on any atom is -0.356 e. The van der Waals surface area contributed by atoms with Gasteiger partial charge in [-0.05, 0) is 31.6 Å². The molecule has 1 aromatic heterocycles. The lowest BCUT2D eigenvalue weighted by Crippen LogP contribution is -2.46. The summed E-state index contributed by atoms with van der Waals surface area (Å²) in [4.78, 5) is 8.36. The van der Waals surface area contributed by atoms with E-state index in [1.54, 1.807) is 7.05 Å². The van der Waals surface area contributed by atoms with Gasteiger partial charge in [-0.25, -0.2) is 0 Å². The molecule has 6 nitrogen and oxygen atoms in total. The van der Waals surface area contributed by atoms with Crippen molar-refractivity contribution in [3.63, 3.8) is 0 Å². The quantitative estimate of drug-likeness (QED) is 0.456. The zero-order valence-corrected chi connectivity index (χ0v) is 14.7. The van der Waals surface area contributed by atoms with E-state index in [2.05, 4.69) is 32.7 Å². The number of hydrogen-bond acceptors (Lipinski definition) is 4. The molecule has 0 spiro atoms. The van der Waals surface area contributed by atoms with Crippen LogP contribution in [0.2, 0.25) is 0 Å². The molecular weight excluding hydrogens is 369 g/mol. The van der Waals surface area contributed by atoms with E-state index < -0.39 is 0 Å². The standard InChI is InChI=1S/C13H23N5O.HI/c1-4-13(6-5-7-13)9-16-12(14-3)15-8-11-17-10(2)18-19-11;/h4-9H2,1-3H3,(H2,14,15,16);1H. The lowest BCUT2D eigenvalue weighted by molar-refractivity contribution is 0.131. The molecule has 114 valence electrons. The highest BCUT2D eigenvalue weighted by Crippen LogP contribution is 2.42. The third-order valence-electron chi connectivity index (χ3n) is 4.00. The van der Waals surface area contributed by atoms with Crippen LogP contribution in [0.1, 0.15) is 44.3 Å². The normalized spacial score (nSPS) is 17.1. The topological polar surface area (TPSA) is 75.3 Å². The van der Waals surface area contributed by atoms with Gasteiger partial charge in [-0.15, -0.1) is 24.0 Å². The molecule has 0 aliphatic heterocycles. The number of guanidine groups is 1. The Labute approximate surface area is 137 Å². The van der Waals surface area contributed by atoms with Gasteiger partial charge >= 0.3 is 0 Å². The smallest absolute Gasteiger partial charge is 0.246 e. The van der Waals surface area contributed by atoms with E-state index in [4.69, 9.17) is 4.52 Å². The van der Waals surface area contributed by atoms with Crippen molar-refractivity contribution in [1.82, 2.24) is 20.8 Å². The van der Waals surface area contributed by atoms with Crippen LogP contribution < -0.4 is 10.6 Å². The highest BCUT2D eigenvalue weighted by molar-refractivity contribution is 14.0. The van der Waals surface area contributed by atoms with E-state index in [0.717, 1.165) is 12.5 Å². The van der Waals surface area contributed by atoms with Crippen molar-refractivity contribution in [1.29, 1.82) is 0 Å². The number of aryl methyl sites for hydroxylation is 1. The Kier molecular flexibility index (Phi) is 6.70. The minimum absolute atomic E-state index is 0. The zero-order chi connectivity index (χ0) is 13.7. The molecule has 0 aromatic carbocycles. The van der Waals surface area contributed by atoms with Crippen LogP contribution >= 0.6 is 24.0 Å². The SMILES string of the molecule is CCC1(CNC(=NC)NCc2nc(C)no2)CCC1.I. The summed E-state index contributed by atoms with van der Waals surface area (Å²) in [6, 6.07) is 0. The van der Waals surface area contributed by atoms with Gasteiger partial charge in [0.1, 0.15) is 0 Å². The number of aliphatic imine (C=N–C) groups is 1. The summed E-state index contributed by atoms with van der Waals surface area (Å²) in [5.41, 5.74) is 0.471. The maximum Gasteiger partial charge on any atom is 0.246 e. The molecule has 7 heteroatoms. The number of nitrogens with one attached hydrogen (secondary N) is 2. The van der Waals surface area contributed by atoms with E-state index >= 15 is 0 Å². The van der Waals surface area contributed by atoms with Crippen molar-refractivity contribution in [3.8, 4) is 0 Å². The summed E-state index contributed by atoms with van der Waals surface area (Å²) < 4.78 is 5.05. The molecule has 20 heavy (non-hydrogen) atoms. The fraction of sp³-hybridized carbons (Fsp3) is 0.769. The predicted octanol–water partition coefficient (Wildman–Crippen LogP) is 2.24. The van der Waals surface area contributed by atoms with Crippen LogP contribution in [0.25, 0.3) is 0 Å². The van der Waals surface area contributed by atoms with Crippen molar-refractivity contribution in [3.05, 3.63) is 11.7 Å². The second kappa shape index (κ2) is 7.80. The molecule has 0 radical (unpaired) electrons. The van der Waals surface area contributed by atoms with E-state index in [1.807, 2.05) is 6.92 Å². The predicted molar refractivity (Wildman–Crippen MR) is 89.2 cm³/mol. The molecule has 1 fully saturated rings. The van der Waals surface area contributed by atoms with Gasteiger partial charge in [-0.2, -0.15) is 4.98 Å². The van der Waals surface area contributed by atoms with E-state index in [9.17, 15) is 0 Å². The lowest BCUT2D eigenvalue weighted by atomic mass is 9.67. The van der Waals surface area contributed by atoms with Gasteiger partial charge in [0.2, 0.25) is 5.89 Å². The summed E-state index contributed by atoms with van der Waals surface area (Å²) in [5.74, 6) is 2.02. The number of halogens is 1. The number of hydrogen-bond donors (Lipinski definition) is 2. The summed E-state index contributed by atoms with van der Waals surface area (Å²) in [7, 11) is 1.77. The van der Waals surface area contributed by atoms with Crippen molar-refractivity contribution in [2.45, 2.75) is 46.1 Å². The third-order valence-corrected chi connectivity index (χ3v) is 4.00. The second-order valence-electron chi connectivity index (χ2n) is 5.22. The Bertz CT molecular complexity index is 436. The van der Waals surface area contributed by atoms with Gasteiger partial charge in [-0.3, -0.25) is 4.99 Å². The number of nitrogens with zero attached hydrogens (tertiary/aromatic N) is 3. The third kappa shape index (κ3) is 4.32. The average Bonchev–Trinajstić information content (AvgIpc) is 2.78. The Balaban J connectivity index is 0.00000200. The van der Waals surface area contributed by atoms with E-state index in [-0.39, 0.29) is 24.0 Å². The van der Waals surface area contributed by atoms with E-state index in [1.165, 1.54) is 25.7 Å². The fourth-order valence-electron chi connectivity index (χ4n) is 2.40.